The van der Waals surface area contributed by atoms with E-state index in [4.69, 9.17) is 9.47 Å². The van der Waals surface area contributed by atoms with Gasteiger partial charge in [-0.2, -0.15) is 0 Å². The molecular formula is C29H28BrN3O5. The average Bonchev–Trinajstić information content (AvgIpc) is 3.57. The third-order valence-electron chi connectivity index (χ3n) is 8.04. The van der Waals surface area contributed by atoms with Crippen molar-refractivity contribution in [3.8, 4) is 11.5 Å². The predicted octanol–water partition coefficient (Wildman–Crippen LogP) is 5.48. The normalized spacial score (nSPS) is 25.7. The van der Waals surface area contributed by atoms with E-state index in [0.717, 1.165) is 24.0 Å². The highest BCUT2D eigenvalue weighted by Gasteiger charge is 2.73. The molecule has 3 heterocycles. The molecule has 0 aliphatic carbocycles. The zero-order valence-corrected chi connectivity index (χ0v) is 22.5. The lowest BCUT2D eigenvalue weighted by Crippen LogP contribution is -2.55. The number of nitrogens with zero attached hydrogens (tertiary/aromatic N) is 2. The SMILES string of the molecule is CCOc1cc([C@H]2[C@H]([N+](=O)[O-])[C@]3(C(=O)Nc4ccccc43)N3CCC[C@@H]23)cc(Br)c1OCc1ccccc1. The van der Waals surface area contributed by atoms with Gasteiger partial charge in [0.1, 0.15) is 6.61 Å². The van der Waals surface area contributed by atoms with E-state index < -0.39 is 17.5 Å². The summed E-state index contributed by atoms with van der Waals surface area (Å²) < 4.78 is 12.8. The fourth-order valence-electron chi connectivity index (χ4n) is 6.69. The summed E-state index contributed by atoms with van der Waals surface area (Å²) in [6.07, 6.45) is 1.65. The molecule has 1 N–H and O–H groups in total. The van der Waals surface area contributed by atoms with Crippen molar-refractivity contribution in [3.05, 3.63) is 98.0 Å². The van der Waals surface area contributed by atoms with Crippen LogP contribution in [0, 0.1) is 10.1 Å². The summed E-state index contributed by atoms with van der Waals surface area (Å²) in [6.45, 7) is 3.29. The number of fused-ring (bicyclic) bond motifs is 4. The van der Waals surface area contributed by atoms with Gasteiger partial charge in [-0.1, -0.05) is 48.5 Å². The van der Waals surface area contributed by atoms with Gasteiger partial charge in [0.25, 0.3) is 11.9 Å². The van der Waals surface area contributed by atoms with Gasteiger partial charge in [0.2, 0.25) is 0 Å². The number of amides is 1. The smallest absolute Gasteiger partial charge is 0.256 e. The van der Waals surface area contributed by atoms with Gasteiger partial charge in [0, 0.05) is 28.8 Å². The van der Waals surface area contributed by atoms with E-state index >= 15 is 0 Å². The van der Waals surface area contributed by atoms with Crippen molar-refractivity contribution >= 4 is 27.5 Å². The van der Waals surface area contributed by atoms with Crippen molar-refractivity contribution in [3.63, 3.8) is 0 Å². The number of carbonyl (C=O) groups is 1. The highest BCUT2D eigenvalue weighted by atomic mass is 79.9. The molecule has 3 aromatic rings. The molecule has 8 nitrogen and oxygen atoms in total. The van der Waals surface area contributed by atoms with Crippen LogP contribution >= 0.6 is 15.9 Å². The number of benzene rings is 3. The van der Waals surface area contributed by atoms with Crippen LogP contribution in [0.4, 0.5) is 5.69 Å². The Labute approximate surface area is 229 Å². The monoisotopic (exact) mass is 577 g/mol. The lowest BCUT2D eigenvalue weighted by Gasteiger charge is -2.32. The number of ether oxygens (including phenoxy) is 2. The third-order valence-corrected chi connectivity index (χ3v) is 8.63. The van der Waals surface area contributed by atoms with Gasteiger partial charge in [-0.05, 0) is 65.0 Å². The zero-order chi connectivity index (χ0) is 26.4. The van der Waals surface area contributed by atoms with Gasteiger partial charge in [-0.3, -0.25) is 19.8 Å². The molecular weight excluding hydrogens is 550 g/mol. The first kappa shape index (κ1) is 24.9. The average molecular weight is 578 g/mol. The van der Waals surface area contributed by atoms with E-state index in [9.17, 15) is 14.9 Å². The summed E-state index contributed by atoms with van der Waals surface area (Å²) in [5.41, 5.74) is 1.77. The fourth-order valence-corrected chi connectivity index (χ4v) is 7.26. The first-order valence-corrected chi connectivity index (χ1v) is 13.7. The van der Waals surface area contributed by atoms with Crippen LogP contribution in [-0.4, -0.2) is 41.0 Å². The molecule has 3 aliphatic heterocycles. The summed E-state index contributed by atoms with van der Waals surface area (Å²) in [6, 6.07) is 19.7. The van der Waals surface area contributed by atoms with E-state index in [1.165, 1.54) is 0 Å². The Morgan fingerprint density at radius 3 is 2.66 bits per heavy atom. The van der Waals surface area contributed by atoms with Crippen molar-refractivity contribution in [1.29, 1.82) is 0 Å². The highest BCUT2D eigenvalue weighted by molar-refractivity contribution is 9.10. The molecule has 0 unspecified atom stereocenters. The maximum absolute atomic E-state index is 13.7. The molecule has 196 valence electrons. The van der Waals surface area contributed by atoms with Crippen LogP contribution in [0.3, 0.4) is 0 Å². The fraction of sp³-hybridized carbons (Fsp3) is 0.345. The zero-order valence-electron chi connectivity index (χ0n) is 20.9. The van der Waals surface area contributed by atoms with E-state index in [1.54, 1.807) is 0 Å². The van der Waals surface area contributed by atoms with Gasteiger partial charge < -0.3 is 14.8 Å². The van der Waals surface area contributed by atoms with Crippen molar-refractivity contribution in [2.75, 3.05) is 18.5 Å². The Morgan fingerprint density at radius 2 is 1.89 bits per heavy atom. The topological polar surface area (TPSA) is 93.9 Å². The van der Waals surface area contributed by atoms with E-state index in [1.807, 2.05) is 73.7 Å². The van der Waals surface area contributed by atoms with Crippen molar-refractivity contribution in [2.24, 2.45) is 0 Å². The summed E-state index contributed by atoms with van der Waals surface area (Å²) in [5.74, 6) is 0.249. The Kier molecular flexibility index (Phi) is 6.36. The summed E-state index contributed by atoms with van der Waals surface area (Å²) in [4.78, 5) is 28.4. The molecule has 0 bridgehead atoms. The van der Waals surface area contributed by atoms with Crippen LogP contribution < -0.4 is 14.8 Å². The summed E-state index contributed by atoms with van der Waals surface area (Å²) >= 11 is 3.66. The van der Waals surface area contributed by atoms with Crippen molar-refractivity contribution in [2.45, 2.75) is 49.9 Å². The number of hydrogen-bond donors (Lipinski definition) is 1. The second-order valence-corrected chi connectivity index (χ2v) is 10.8. The first-order chi connectivity index (χ1) is 18.5. The van der Waals surface area contributed by atoms with E-state index in [-0.39, 0.29) is 16.9 Å². The number of rotatable bonds is 7. The quantitative estimate of drug-likeness (QED) is 0.295. The van der Waals surface area contributed by atoms with Crippen LogP contribution in [0.2, 0.25) is 0 Å². The summed E-state index contributed by atoms with van der Waals surface area (Å²) in [7, 11) is 0. The molecule has 2 fully saturated rings. The highest BCUT2D eigenvalue weighted by Crippen LogP contribution is 2.58. The number of anilines is 1. The lowest BCUT2D eigenvalue weighted by atomic mass is 9.77. The van der Waals surface area contributed by atoms with Crippen molar-refractivity contribution in [1.82, 2.24) is 4.90 Å². The molecule has 9 heteroatoms. The molecule has 3 aliphatic rings. The molecule has 0 radical (unpaired) electrons. The second-order valence-electron chi connectivity index (χ2n) is 9.96. The minimum Gasteiger partial charge on any atom is -0.490 e. The van der Waals surface area contributed by atoms with E-state index in [0.29, 0.717) is 47.0 Å². The maximum atomic E-state index is 13.7. The molecule has 1 amide bonds. The number of carbonyl (C=O) groups excluding carboxylic acids is 1. The molecule has 6 rings (SSSR count). The van der Waals surface area contributed by atoms with E-state index in [2.05, 4.69) is 26.1 Å². The Balaban J connectivity index is 1.45. The number of nitrogens with one attached hydrogen (secondary N) is 1. The largest absolute Gasteiger partial charge is 0.490 e. The summed E-state index contributed by atoms with van der Waals surface area (Å²) in [5, 5.41) is 15.8. The molecule has 38 heavy (non-hydrogen) atoms. The second kappa shape index (κ2) is 9.71. The third kappa shape index (κ3) is 3.71. The van der Waals surface area contributed by atoms with Crippen LogP contribution in [-0.2, 0) is 16.9 Å². The first-order valence-electron chi connectivity index (χ1n) is 12.9. The van der Waals surface area contributed by atoms with Gasteiger partial charge in [-0.15, -0.1) is 0 Å². The number of nitro groups is 1. The van der Waals surface area contributed by atoms with Gasteiger partial charge >= 0.3 is 0 Å². The molecule has 3 aromatic carbocycles. The number of halogens is 1. The molecule has 1 spiro atoms. The Hall–Kier alpha value is -3.43. The Morgan fingerprint density at radius 1 is 1.13 bits per heavy atom. The van der Waals surface area contributed by atoms with Crippen molar-refractivity contribution < 1.29 is 19.2 Å². The molecule has 0 saturated carbocycles. The minimum atomic E-state index is -1.35. The van der Waals surface area contributed by atoms with Gasteiger partial charge in [-0.25, -0.2) is 0 Å². The molecule has 2 saturated heterocycles. The number of para-hydroxylation sites is 1. The van der Waals surface area contributed by atoms with Gasteiger partial charge in [0.15, 0.2) is 17.0 Å². The minimum absolute atomic E-state index is 0.153. The van der Waals surface area contributed by atoms with Crippen LogP contribution in [0.1, 0.15) is 42.4 Å². The van der Waals surface area contributed by atoms with Crippen LogP contribution in [0.5, 0.6) is 11.5 Å². The predicted molar refractivity (Wildman–Crippen MR) is 146 cm³/mol. The van der Waals surface area contributed by atoms with Crippen LogP contribution in [0.25, 0.3) is 0 Å². The molecule has 4 atom stereocenters. The standard InChI is InChI=1S/C29H28BrN3O5/c1-2-37-24-16-19(15-21(30)26(24)38-17-18-9-4-3-5-10-18)25-23-13-8-14-32(23)29(27(25)33(35)36)20-11-6-7-12-22(20)31-28(29)34/h3-7,9-12,15-16,23,25,27H,2,8,13-14,17H2,1H3,(H,31,34)/t23-,25+,27-,29+/m0/s1. The Bertz CT molecular complexity index is 1400. The molecule has 0 aromatic heterocycles. The van der Waals surface area contributed by atoms with Gasteiger partial charge in [0.05, 0.1) is 17.0 Å². The maximum Gasteiger partial charge on any atom is 0.256 e. The van der Waals surface area contributed by atoms with Crippen LogP contribution in [0.15, 0.2) is 71.2 Å². The number of hydrogen-bond acceptors (Lipinski definition) is 6. The lowest BCUT2D eigenvalue weighted by molar-refractivity contribution is -0.534.